The number of rotatable bonds is 4. The summed E-state index contributed by atoms with van der Waals surface area (Å²) in [5, 5.41) is 0. The monoisotopic (exact) mass is 273 g/mol. The summed E-state index contributed by atoms with van der Waals surface area (Å²) in [7, 11) is 3.24. The second-order valence-corrected chi connectivity index (χ2v) is 4.49. The molecule has 20 heavy (non-hydrogen) atoms. The van der Waals surface area contributed by atoms with Gasteiger partial charge >= 0.3 is 5.97 Å². The first-order chi connectivity index (χ1) is 9.61. The molecule has 2 aromatic rings. The maximum Gasteiger partial charge on any atom is 0.339 e. The van der Waals surface area contributed by atoms with Gasteiger partial charge in [0, 0.05) is 13.6 Å². The molecule has 0 spiro atoms. The van der Waals surface area contributed by atoms with E-state index in [1.54, 1.807) is 24.3 Å². The number of anilines is 1. The van der Waals surface area contributed by atoms with Gasteiger partial charge in [-0.2, -0.15) is 0 Å². The number of para-hydroxylation sites is 1. The minimum absolute atomic E-state index is 0.258. The molecule has 0 aliphatic heterocycles. The Kier molecular flexibility index (Phi) is 4.35. The van der Waals surface area contributed by atoms with Crippen molar-refractivity contribution in [2.75, 3.05) is 19.1 Å². The number of carbonyl (C=O) groups is 1. The fourth-order valence-electron chi connectivity index (χ4n) is 2.04. The van der Waals surface area contributed by atoms with E-state index >= 15 is 0 Å². The molecule has 0 aliphatic rings. The fraction of sp³-hybridized carbons (Fsp3) is 0.188. The SMILES string of the molecule is COC(=O)c1ccccc1N(C)Cc1ccc(F)cc1. The van der Waals surface area contributed by atoms with E-state index in [1.165, 1.54) is 19.2 Å². The maximum atomic E-state index is 12.9. The lowest BCUT2D eigenvalue weighted by Crippen LogP contribution is -2.19. The van der Waals surface area contributed by atoms with Crippen LogP contribution in [0.15, 0.2) is 48.5 Å². The van der Waals surface area contributed by atoms with Gasteiger partial charge in [0.25, 0.3) is 0 Å². The molecule has 4 heteroatoms. The second-order valence-electron chi connectivity index (χ2n) is 4.49. The van der Waals surface area contributed by atoms with Gasteiger partial charge < -0.3 is 9.64 Å². The standard InChI is InChI=1S/C16H16FNO2/c1-18(11-12-7-9-13(17)10-8-12)15-6-4-3-5-14(15)16(19)20-2/h3-10H,11H2,1-2H3. The van der Waals surface area contributed by atoms with Gasteiger partial charge in [0.15, 0.2) is 0 Å². The first-order valence-corrected chi connectivity index (χ1v) is 6.24. The van der Waals surface area contributed by atoms with Crippen LogP contribution in [-0.2, 0) is 11.3 Å². The third kappa shape index (κ3) is 3.15. The van der Waals surface area contributed by atoms with E-state index < -0.39 is 0 Å². The van der Waals surface area contributed by atoms with Gasteiger partial charge in [-0.05, 0) is 29.8 Å². The summed E-state index contributed by atoms with van der Waals surface area (Å²) in [5.41, 5.74) is 2.26. The number of methoxy groups -OCH3 is 1. The molecule has 2 aromatic carbocycles. The van der Waals surface area contributed by atoms with E-state index in [1.807, 2.05) is 24.1 Å². The summed E-state index contributed by atoms with van der Waals surface area (Å²) in [6.45, 7) is 0.578. The van der Waals surface area contributed by atoms with Gasteiger partial charge in [-0.15, -0.1) is 0 Å². The summed E-state index contributed by atoms with van der Waals surface area (Å²) >= 11 is 0. The van der Waals surface area contributed by atoms with E-state index in [9.17, 15) is 9.18 Å². The molecule has 3 nitrogen and oxygen atoms in total. The number of nitrogens with zero attached hydrogens (tertiary/aromatic N) is 1. The van der Waals surface area contributed by atoms with Crippen molar-refractivity contribution in [3.8, 4) is 0 Å². The summed E-state index contributed by atoms with van der Waals surface area (Å²) in [5.74, 6) is -0.627. The van der Waals surface area contributed by atoms with Crippen LogP contribution < -0.4 is 4.90 Å². The molecular formula is C16H16FNO2. The van der Waals surface area contributed by atoms with Crippen molar-refractivity contribution in [3.05, 3.63) is 65.5 Å². The Morgan fingerprint density at radius 2 is 1.80 bits per heavy atom. The first kappa shape index (κ1) is 14.1. The minimum atomic E-state index is -0.369. The number of halogens is 1. The Morgan fingerprint density at radius 1 is 1.15 bits per heavy atom. The van der Waals surface area contributed by atoms with Crippen molar-refractivity contribution in [1.82, 2.24) is 0 Å². The lowest BCUT2D eigenvalue weighted by Gasteiger charge is -2.21. The molecule has 0 heterocycles. The van der Waals surface area contributed by atoms with Gasteiger partial charge in [0.2, 0.25) is 0 Å². The average Bonchev–Trinajstić information content (AvgIpc) is 2.48. The number of carbonyl (C=O) groups excluding carboxylic acids is 1. The van der Waals surface area contributed by atoms with E-state index in [4.69, 9.17) is 4.74 Å². The number of hydrogen-bond acceptors (Lipinski definition) is 3. The minimum Gasteiger partial charge on any atom is -0.465 e. The van der Waals surface area contributed by atoms with Crippen LogP contribution in [0.2, 0.25) is 0 Å². The molecule has 0 N–H and O–H groups in total. The molecule has 0 saturated carbocycles. The molecule has 0 saturated heterocycles. The van der Waals surface area contributed by atoms with Crippen molar-refractivity contribution in [1.29, 1.82) is 0 Å². The predicted molar refractivity (Wildman–Crippen MR) is 76.3 cm³/mol. The smallest absolute Gasteiger partial charge is 0.339 e. The van der Waals surface area contributed by atoms with Crippen molar-refractivity contribution < 1.29 is 13.9 Å². The molecule has 0 aliphatic carbocycles. The van der Waals surface area contributed by atoms with Crippen LogP contribution in [-0.4, -0.2) is 20.1 Å². The average molecular weight is 273 g/mol. The highest BCUT2D eigenvalue weighted by atomic mass is 19.1. The molecule has 0 bridgehead atoms. The summed E-state index contributed by atoms with van der Waals surface area (Å²) in [6, 6.07) is 13.5. The first-order valence-electron chi connectivity index (χ1n) is 6.24. The highest BCUT2D eigenvalue weighted by Gasteiger charge is 2.14. The van der Waals surface area contributed by atoms with Crippen molar-refractivity contribution in [2.24, 2.45) is 0 Å². The van der Waals surface area contributed by atoms with Gasteiger partial charge in [-0.1, -0.05) is 24.3 Å². The third-order valence-corrected chi connectivity index (χ3v) is 3.05. The number of hydrogen-bond donors (Lipinski definition) is 0. The van der Waals surface area contributed by atoms with Crippen LogP contribution in [0.3, 0.4) is 0 Å². The van der Waals surface area contributed by atoms with Gasteiger partial charge in [0.05, 0.1) is 18.4 Å². The molecule has 0 unspecified atom stereocenters. The third-order valence-electron chi connectivity index (χ3n) is 3.05. The number of ether oxygens (including phenoxy) is 1. The lowest BCUT2D eigenvalue weighted by atomic mass is 10.1. The Morgan fingerprint density at radius 3 is 2.45 bits per heavy atom. The van der Waals surface area contributed by atoms with E-state index in [0.717, 1.165) is 11.3 Å². The molecule has 0 atom stereocenters. The largest absolute Gasteiger partial charge is 0.465 e. The van der Waals surface area contributed by atoms with Gasteiger partial charge in [-0.3, -0.25) is 0 Å². The normalized spacial score (nSPS) is 10.2. The van der Waals surface area contributed by atoms with Crippen molar-refractivity contribution in [3.63, 3.8) is 0 Å². The molecular weight excluding hydrogens is 257 g/mol. The van der Waals surface area contributed by atoms with Crippen LogP contribution in [0.5, 0.6) is 0 Å². The molecule has 0 radical (unpaired) electrons. The fourth-order valence-corrected chi connectivity index (χ4v) is 2.04. The topological polar surface area (TPSA) is 29.5 Å². The van der Waals surface area contributed by atoms with E-state index in [0.29, 0.717) is 12.1 Å². The van der Waals surface area contributed by atoms with Crippen LogP contribution >= 0.6 is 0 Å². The Bertz CT molecular complexity index is 596. The van der Waals surface area contributed by atoms with E-state index in [-0.39, 0.29) is 11.8 Å². The molecule has 2 rings (SSSR count). The number of benzene rings is 2. The van der Waals surface area contributed by atoms with Crippen LogP contribution in [0.1, 0.15) is 15.9 Å². The van der Waals surface area contributed by atoms with E-state index in [2.05, 4.69) is 0 Å². The molecule has 0 aromatic heterocycles. The van der Waals surface area contributed by atoms with Gasteiger partial charge in [-0.25, -0.2) is 9.18 Å². The molecule has 104 valence electrons. The van der Waals surface area contributed by atoms with Crippen molar-refractivity contribution >= 4 is 11.7 Å². The zero-order valence-corrected chi connectivity index (χ0v) is 11.5. The van der Waals surface area contributed by atoms with Crippen LogP contribution in [0, 0.1) is 5.82 Å². The highest BCUT2D eigenvalue weighted by molar-refractivity contribution is 5.95. The predicted octanol–water partition coefficient (Wildman–Crippen LogP) is 3.25. The zero-order valence-electron chi connectivity index (χ0n) is 11.5. The highest BCUT2D eigenvalue weighted by Crippen LogP contribution is 2.21. The lowest BCUT2D eigenvalue weighted by molar-refractivity contribution is 0.0601. The van der Waals surface area contributed by atoms with Crippen LogP contribution in [0.4, 0.5) is 10.1 Å². The Hall–Kier alpha value is -2.36. The van der Waals surface area contributed by atoms with Crippen LogP contribution in [0.25, 0.3) is 0 Å². The molecule has 0 fully saturated rings. The maximum absolute atomic E-state index is 12.9. The van der Waals surface area contributed by atoms with Crippen molar-refractivity contribution in [2.45, 2.75) is 6.54 Å². The number of esters is 1. The van der Waals surface area contributed by atoms with Gasteiger partial charge in [0.1, 0.15) is 5.82 Å². The summed E-state index contributed by atoms with van der Waals surface area (Å²) in [4.78, 5) is 13.7. The quantitative estimate of drug-likeness (QED) is 0.801. The summed E-state index contributed by atoms with van der Waals surface area (Å²) < 4.78 is 17.7. The zero-order chi connectivity index (χ0) is 14.5. The second kappa shape index (κ2) is 6.19. The Labute approximate surface area is 117 Å². The Balaban J connectivity index is 2.23. The molecule has 0 amide bonds. The summed E-state index contributed by atoms with van der Waals surface area (Å²) in [6.07, 6.45) is 0.